The molecule has 182 valence electrons. The molecule has 1 aromatic carbocycles. The van der Waals surface area contributed by atoms with E-state index in [0.29, 0.717) is 11.6 Å². The summed E-state index contributed by atoms with van der Waals surface area (Å²) in [7, 11) is 1.83. The lowest BCUT2D eigenvalue weighted by molar-refractivity contribution is -0.198. The molecule has 11 heteroatoms. The van der Waals surface area contributed by atoms with Crippen LogP contribution in [0.5, 0.6) is 5.75 Å². The summed E-state index contributed by atoms with van der Waals surface area (Å²) in [6.45, 7) is 4.10. The molecule has 35 heavy (non-hydrogen) atoms. The fraction of sp³-hybridized carbons (Fsp3) is 0.375. The van der Waals surface area contributed by atoms with Crippen LogP contribution in [-0.4, -0.2) is 57.3 Å². The highest BCUT2D eigenvalue weighted by molar-refractivity contribution is 9.10. The molecule has 4 atom stereocenters. The summed E-state index contributed by atoms with van der Waals surface area (Å²) in [5.41, 5.74) is 7.46. The van der Waals surface area contributed by atoms with E-state index in [2.05, 4.69) is 36.2 Å². The number of fused-ring (bicyclic) bond motifs is 3. The minimum Gasteiger partial charge on any atom is -0.491 e. The summed E-state index contributed by atoms with van der Waals surface area (Å²) in [5, 5.41) is 4.97. The van der Waals surface area contributed by atoms with Crippen molar-refractivity contribution in [3.05, 3.63) is 47.3 Å². The van der Waals surface area contributed by atoms with Crippen LogP contribution in [0, 0.1) is 0 Å². The third kappa shape index (κ3) is 3.88. The monoisotopic (exact) mass is 540 g/mol. The van der Waals surface area contributed by atoms with Crippen molar-refractivity contribution in [3.63, 3.8) is 0 Å². The van der Waals surface area contributed by atoms with Gasteiger partial charge in [0, 0.05) is 24.7 Å². The molecule has 1 unspecified atom stereocenters. The molecular weight excluding hydrogens is 516 g/mol. The lowest BCUT2D eigenvalue weighted by Crippen LogP contribution is -2.33. The van der Waals surface area contributed by atoms with Gasteiger partial charge in [-0.2, -0.15) is 0 Å². The zero-order valence-electron chi connectivity index (χ0n) is 19.4. The number of hydrogen-bond donors (Lipinski definition) is 2. The van der Waals surface area contributed by atoms with Crippen LogP contribution < -0.4 is 15.8 Å². The van der Waals surface area contributed by atoms with E-state index in [0.717, 1.165) is 32.2 Å². The maximum atomic E-state index is 6.46. The topological polar surface area (TPSA) is 119 Å². The van der Waals surface area contributed by atoms with E-state index in [1.807, 2.05) is 62.0 Å². The molecular formula is C24H25BrN6O4. The fourth-order valence-corrected chi connectivity index (χ4v) is 5.13. The maximum absolute atomic E-state index is 6.46. The van der Waals surface area contributed by atoms with Gasteiger partial charge >= 0.3 is 0 Å². The first-order valence-corrected chi connectivity index (χ1v) is 12.1. The Morgan fingerprint density at radius 3 is 2.83 bits per heavy atom. The SMILES string of the molecule is CNc1ncnc2c1ccn2C1O[C@H](COc2ccc3cc(Br)c(N)nc3c2)[C@H]2OC(C)(C)O[C@@H]12. The van der Waals surface area contributed by atoms with Crippen LogP contribution in [0.15, 0.2) is 47.3 Å². The van der Waals surface area contributed by atoms with Gasteiger partial charge in [-0.15, -0.1) is 0 Å². The number of halogens is 1. The van der Waals surface area contributed by atoms with Crippen LogP contribution in [-0.2, 0) is 14.2 Å². The van der Waals surface area contributed by atoms with Crippen LogP contribution in [0.25, 0.3) is 21.9 Å². The highest BCUT2D eigenvalue weighted by atomic mass is 79.9. The molecule has 0 spiro atoms. The predicted octanol–water partition coefficient (Wildman–Crippen LogP) is 3.86. The van der Waals surface area contributed by atoms with Crippen molar-refractivity contribution in [2.75, 3.05) is 24.7 Å². The minimum atomic E-state index is -0.735. The lowest BCUT2D eigenvalue weighted by Gasteiger charge is -2.25. The molecule has 0 bridgehead atoms. The number of pyridine rings is 1. The minimum absolute atomic E-state index is 0.282. The Balaban J connectivity index is 1.27. The summed E-state index contributed by atoms with van der Waals surface area (Å²) in [6, 6.07) is 9.63. The second-order valence-electron chi connectivity index (χ2n) is 9.08. The van der Waals surface area contributed by atoms with E-state index in [9.17, 15) is 0 Å². The molecule has 6 rings (SSSR count). The molecule has 2 fully saturated rings. The Hall–Kier alpha value is -2.99. The quantitative estimate of drug-likeness (QED) is 0.388. The van der Waals surface area contributed by atoms with Gasteiger partial charge in [-0.1, -0.05) is 0 Å². The molecule has 3 aromatic heterocycles. The highest BCUT2D eigenvalue weighted by Gasteiger charge is 2.56. The number of nitrogens with zero attached hydrogens (tertiary/aromatic N) is 4. The van der Waals surface area contributed by atoms with Gasteiger partial charge < -0.3 is 34.6 Å². The Kier molecular flexibility index (Phi) is 5.33. The van der Waals surface area contributed by atoms with Crippen LogP contribution in [0.4, 0.5) is 11.6 Å². The second-order valence-corrected chi connectivity index (χ2v) is 9.94. The number of rotatable bonds is 5. The number of ether oxygens (including phenoxy) is 4. The van der Waals surface area contributed by atoms with E-state index < -0.39 is 12.0 Å². The molecule has 2 aliphatic rings. The van der Waals surface area contributed by atoms with E-state index >= 15 is 0 Å². The zero-order valence-corrected chi connectivity index (χ0v) is 21.0. The van der Waals surface area contributed by atoms with Gasteiger partial charge in [-0.05, 0) is 54.0 Å². The van der Waals surface area contributed by atoms with Gasteiger partial charge in [0.15, 0.2) is 12.0 Å². The number of aromatic nitrogens is 4. The van der Waals surface area contributed by atoms with Crippen LogP contribution in [0.2, 0.25) is 0 Å². The first-order valence-electron chi connectivity index (χ1n) is 11.3. The molecule has 0 saturated carbocycles. The smallest absolute Gasteiger partial charge is 0.164 e. The Morgan fingerprint density at radius 1 is 1.17 bits per heavy atom. The predicted molar refractivity (Wildman–Crippen MR) is 134 cm³/mol. The third-order valence-electron chi connectivity index (χ3n) is 6.33. The number of nitrogens with one attached hydrogen (secondary N) is 1. The van der Waals surface area contributed by atoms with Crippen molar-refractivity contribution in [1.29, 1.82) is 0 Å². The Labute approximate surface area is 209 Å². The van der Waals surface area contributed by atoms with Crippen LogP contribution in [0.3, 0.4) is 0 Å². The molecule has 2 aliphatic heterocycles. The van der Waals surface area contributed by atoms with Crippen molar-refractivity contribution in [3.8, 4) is 5.75 Å². The molecule has 4 aromatic rings. The fourth-order valence-electron chi connectivity index (χ4n) is 4.80. The van der Waals surface area contributed by atoms with E-state index in [1.54, 1.807) is 0 Å². The molecule has 3 N–H and O–H groups in total. The molecule has 0 aliphatic carbocycles. The normalized spacial score (nSPS) is 25.3. The maximum Gasteiger partial charge on any atom is 0.164 e. The Morgan fingerprint density at radius 2 is 2.00 bits per heavy atom. The van der Waals surface area contributed by atoms with Gasteiger partial charge in [0.05, 0.1) is 15.4 Å². The standard InChI is InChI=1S/C24H25BrN6O4/c1-24(2)34-18-17(10-32-13-5-4-12-8-15(25)20(26)30-16(12)9-13)33-23(19(18)35-24)31-7-6-14-21(27-3)28-11-29-22(14)31/h4-9,11,17-19,23H,10H2,1-3H3,(H2,26,30)(H,27,28,29)/t17-,18-,19-,23?/m1/s1. The first-order chi connectivity index (χ1) is 16.8. The summed E-state index contributed by atoms with van der Waals surface area (Å²) in [5.74, 6) is 1.12. The molecule has 0 radical (unpaired) electrons. The number of anilines is 2. The Bertz CT molecular complexity index is 1430. The molecule has 5 heterocycles. The lowest BCUT2D eigenvalue weighted by atomic mass is 10.1. The van der Waals surface area contributed by atoms with Crippen molar-refractivity contribution in [2.45, 2.75) is 44.2 Å². The van der Waals surface area contributed by atoms with Crippen molar-refractivity contribution < 1.29 is 18.9 Å². The van der Waals surface area contributed by atoms with E-state index in [1.165, 1.54) is 6.33 Å². The number of benzene rings is 1. The molecule has 10 nitrogen and oxygen atoms in total. The van der Waals surface area contributed by atoms with Gasteiger partial charge in [0.2, 0.25) is 0 Å². The number of hydrogen-bond acceptors (Lipinski definition) is 9. The average Bonchev–Trinajstić information content (AvgIpc) is 3.49. The van der Waals surface area contributed by atoms with Crippen molar-refractivity contribution in [1.82, 2.24) is 19.5 Å². The number of nitrogens with two attached hydrogens (primary N) is 1. The van der Waals surface area contributed by atoms with Gasteiger partial charge in [0.25, 0.3) is 0 Å². The first kappa shape index (κ1) is 22.5. The largest absolute Gasteiger partial charge is 0.491 e. The second kappa shape index (κ2) is 8.30. The average molecular weight is 541 g/mol. The molecule has 0 amide bonds. The van der Waals surface area contributed by atoms with Crippen molar-refractivity contribution >= 4 is 49.5 Å². The van der Waals surface area contributed by atoms with Crippen LogP contribution >= 0.6 is 15.9 Å². The van der Waals surface area contributed by atoms with Gasteiger partial charge in [-0.3, -0.25) is 0 Å². The summed E-state index contributed by atoms with van der Waals surface area (Å²) in [6.07, 6.45) is 2.07. The van der Waals surface area contributed by atoms with Crippen LogP contribution in [0.1, 0.15) is 20.1 Å². The summed E-state index contributed by atoms with van der Waals surface area (Å²) >= 11 is 3.42. The van der Waals surface area contributed by atoms with Crippen molar-refractivity contribution in [2.24, 2.45) is 0 Å². The highest BCUT2D eigenvalue weighted by Crippen LogP contribution is 2.44. The summed E-state index contributed by atoms with van der Waals surface area (Å²) in [4.78, 5) is 13.2. The van der Waals surface area contributed by atoms with E-state index in [4.69, 9.17) is 24.7 Å². The summed E-state index contributed by atoms with van der Waals surface area (Å²) < 4.78 is 27.8. The van der Waals surface area contributed by atoms with E-state index in [-0.39, 0.29) is 24.9 Å². The number of nitrogen functional groups attached to an aromatic ring is 1. The third-order valence-corrected chi connectivity index (χ3v) is 6.96. The molecule has 2 saturated heterocycles. The van der Waals surface area contributed by atoms with Gasteiger partial charge in [0.1, 0.15) is 54.3 Å². The zero-order chi connectivity index (χ0) is 24.3. The van der Waals surface area contributed by atoms with Gasteiger partial charge in [-0.25, -0.2) is 15.0 Å².